The van der Waals surface area contributed by atoms with Crippen molar-refractivity contribution in [3.05, 3.63) is 71.5 Å². The van der Waals surface area contributed by atoms with Gasteiger partial charge in [-0.15, -0.1) is 0 Å². The summed E-state index contributed by atoms with van der Waals surface area (Å²) >= 11 is 0. The molecule has 1 saturated heterocycles. The lowest BCUT2D eigenvalue weighted by Gasteiger charge is -2.37. The second-order valence-corrected chi connectivity index (χ2v) is 9.33. The predicted molar refractivity (Wildman–Crippen MR) is 125 cm³/mol. The number of amides is 1. The number of nitrogens with zero attached hydrogens (tertiary/aromatic N) is 2. The van der Waals surface area contributed by atoms with E-state index < -0.39 is 0 Å². The summed E-state index contributed by atoms with van der Waals surface area (Å²) in [5.74, 6) is 0.585. The van der Waals surface area contributed by atoms with Gasteiger partial charge in [0.2, 0.25) is 5.91 Å². The molecule has 1 heterocycles. The normalized spacial score (nSPS) is 22.2. The molecule has 0 spiro atoms. The van der Waals surface area contributed by atoms with Gasteiger partial charge in [-0.1, -0.05) is 67.8 Å². The summed E-state index contributed by atoms with van der Waals surface area (Å²) in [5.41, 5.74) is 2.04. The Morgan fingerprint density at radius 3 is 2.47 bits per heavy atom. The minimum Gasteiger partial charge on any atom is -0.375 e. The topological polar surface area (TPSA) is 32.8 Å². The zero-order valence-electron chi connectivity index (χ0n) is 19.1. The number of rotatable bonds is 8. The third-order valence-corrected chi connectivity index (χ3v) is 7.13. The number of hydrogen-bond donors (Lipinski definition) is 0. The molecular weight excluding hydrogens is 403 g/mol. The molecule has 2 fully saturated rings. The molecule has 1 saturated carbocycles. The maximum absolute atomic E-state index is 14.3. The van der Waals surface area contributed by atoms with Crippen molar-refractivity contribution >= 4 is 5.91 Å². The minimum atomic E-state index is -0.147. The van der Waals surface area contributed by atoms with E-state index in [1.807, 2.05) is 18.2 Å². The maximum Gasteiger partial charge on any atom is 0.248 e. The lowest BCUT2D eigenvalue weighted by Crippen LogP contribution is -2.46. The predicted octanol–water partition coefficient (Wildman–Crippen LogP) is 4.85. The van der Waals surface area contributed by atoms with Crippen LogP contribution < -0.4 is 0 Å². The van der Waals surface area contributed by atoms with Crippen molar-refractivity contribution in [1.29, 1.82) is 0 Å². The van der Waals surface area contributed by atoms with Crippen LogP contribution in [0.1, 0.15) is 49.1 Å². The summed E-state index contributed by atoms with van der Waals surface area (Å²) in [5, 5.41) is 0. The van der Waals surface area contributed by atoms with Crippen molar-refractivity contribution in [2.45, 2.75) is 50.6 Å². The highest BCUT2D eigenvalue weighted by molar-refractivity contribution is 5.77. The molecule has 2 aromatic rings. The first-order valence-corrected chi connectivity index (χ1v) is 11.9. The van der Waals surface area contributed by atoms with E-state index in [0.29, 0.717) is 24.4 Å². The Kier molecular flexibility index (Phi) is 7.93. The molecule has 1 aliphatic carbocycles. The highest BCUT2D eigenvalue weighted by atomic mass is 19.1. The van der Waals surface area contributed by atoms with Gasteiger partial charge in [-0.05, 0) is 30.4 Å². The highest BCUT2D eigenvalue weighted by Crippen LogP contribution is 2.35. The second-order valence-electron chi connectivity index (χ2n) is 9.33. The fraction of sp³-hybridized carbons (Fsp3) is 0.519. The average molecular weight is 439 g/mol. The van der Waals surface area contributed by atoms with Crippen molar-refractivity contribution < 1.29 is 13.9 Å². The molecule has 2 aromatic carbocycles. The summed E-state index contributed by atoms with van der Waals surface area (Å²) < 4.78 is 19.5. The monoisotopic (exact) mass is 438 g/mol. The van der Waals surface area contributed by atoms with Gasteiger partial charge >= 0.3 is 0 Å². The van der Waals surface area contributed by atoms with Gasteiger partial charge in [0.15, 0.2) is 0 Å². The van der Waals surface area contributed by atoms with Gasteiger partial charge in [-0.2, -0.15) is 0 Å². The molecule has 5 heteroatoms. The largest absolute Gasteiger partial charge is 0.375 e. The molecule has 2 aliphatic rings. The Labute approximate surface area is 191 Å². The SMILES string of the molecule is COCC(=O)N(CC1CN(Cc2ccccc2F)CC1c1ccccc1)C1CCCCC1. The average Bonchev–Trinajstić information content (AvgIpc) is 3.22. The first-order chi connectivity index (χ1) is 15.7. The van der Waals surface area contributed by atoms with Crippen LogP contribution in [-0.4, -0.2) is 55.1 Å². The first-order valence-electron chi connectivity index (χ1n) is 11.9. The van der Waals surface area contributed by atoms with Crippen molar-refractivity contribution in [2.75, 3.05) is 33.4 Å². The van der Waals surface area contributed by atoms with Gasteiger partial charge in [-0.3, -0.25) is 9.69 Å². The number of likely N-dealkylation sites (tertiary alicyclic amines) is 1. The molecule has 4 rings (SSSR count). The molecule has 2 atom stereocenters. The number of methoxy groups -OCH3 is 1. The van der Waals surface area contributed by atoms with Gasteiger partial charge < -0.3 is 9.64 Å². The number of carbonyl (C=O) groups is 1. The van der Waals surface area contributed by atoms with Gasteiger partial charge in [0.1, 0.15) is 12.4 Å². The maximum atomic E-state index is 14.3. The lowest BCUT2D eigenvalue weighted by molar-refractivity contribution is -0.139. The molecule has 1 aliphatic heterocycles. The van der Waals surface area contributed by atoms with Gasteiger partial charge in [0.25, 0.3) is 0 Å². The molecule has 0 bridgehead atoms. The van der Waals surface area contributed by atoms with E-state index in [0.717, 1.165) is 38.0 Å². The number of ether oxygens (including phenoxy) is 1. The van der Waals surface area contributed by atoms with E-state index >= 15 is 0 Å². The number of benzene rings is 2. The Bertz CT molecular complexity index is 869. The molecule has 32 heavy (non-hydrogen) atoms. The number of hydrogen-bond acceptors (Lipinski definition) is 3. The molecule has 2 unspecified atom stereocenters. The van der Waals surface area contributed by atoms with Crippen LogP contribution in [0.4, 0.5) is 4.39 Å². The quantitative estimate of drug-likeness (QED) is 0.591. The van der Waals surface area contributed by atoms with Crippen LogP contribution in [0.25, 0.3) is 0 Å². The molecule has 0 N–H and O–H groups in total. The number of carbonyl (C=O) groups excluding carboxylic acids is 1. The standard InChI is InChI=1S/C27H35FN2O2/c1-32-20-27(31)30(24-13-6-3-7-14-24)18-23-17-29(16-22-12-8-9-15-26(22)28)19-25(23)21-10-4-2-5-11-21/h2,4-5,8-12,15,23-25H,3,6-7,13-14,16-20H2,1H3. The van der Waals surface area contributed by atoms with Crippen LogP contribution in [0.3, 0.4) is 0 Å². The van der Waals surface area contributed by atoms with Crippen LogP contribution >= 0.6 is 0 Å². The lowest BCUT2D eigenvalue weighted by atomic mass is 9.87. The van der Waals surface area contributed by atoms with Crippen LogP contribution in [0.15, 0.2) is 54.6 Å². The molecule has 0 aromatic heterocycles. The van der Waals surface area contributed by atoms with Crippen LogP contribution in [0, 0.1) is 11.7 Å². The molecule has 4 nitrogen and oxygen atoms in total. The van der Waals surface area contributed by atoms with Crippen LogP contribution in [0.5, 0.6) is 0 Å². The Morgan fingerprint density at radius 2 is 1.75 bits per heavy atom. The number of halogens is 1. The Balaban J connectivity index is 1.55. The Hall–Kier alpha value is -2.24. The van der Waals surface area contributed by atoms with E-state index in [-0.39, 0.29) is 18.3 Å². The van der Waals surface area contributed by atoms with Crippen molar-refractivity contribution in [2.24, 2.45) is 5.92 Å². The molecule has 0 radical (unpaired) electrons. The van der Waals surface area contributed by atoms with Gasteiger partial charge in [0, 0.05) is 50.8 Å². The summed E-state index contributed by atoms with van der Waals surface area (Å²) in [7, 11) is 1.59. The van der Waals surface area contributed by atoms with Crippen LogP contribution in [0.2, 0.25) is 0 Å². The summed E-state index contributed by atoms with van der Waals surface area (Å²) in [4.78, 5) is 17.5. The highest BCUT2D eigenvalue weighted by Gasteiger charge is 2.37. The Morgan fingerprint density at radius 1 is 1.03 bits per heavy atom. The van der Waals surface area contributed by atoms with E-state index in [4.69, 9.17) is 4.74 Å². The van der Waals surface area contributed by atoms with Crippen LogP contribution in [-0.2, 0) is 16.1 Å². The van der Waals surface area contributed by atoms with E-state index in [9.17, 15) is 9.18 Å². The summed E-state index contributed by atoms with van der Waals surface area (Å²) in [6.07, 6.45) is 5.80. The van der Waals surface area contributed by atoms with Crippen molar-refractivity contribution in [3.63, 3.8) is 0 Å². The van der Waals surface area contributed by atoms with E-state index in [1.165, 1.54) is 30.9 Å². The van der Waals surface area contributed by atoms with Crippen molar-refractivity contribution in [3.8, 4) is 0 Å². The van der Waals surface area contributed by atoms with Crippen molar-refractivity contribution in [1.82, 2.24) is 9.80 Å². The van der Waals surface area contributed by atoms with E-state index in [1.54, 1.807) is 13.2 Å². The summed E-state index contributed by atoms with van der Waals surface area (Å²) in [6, 6.07) is 17.9. The smallest absolute Gasteiger partial charge is 0.248 e. The third kappa shape index (κ3) is 5.57. The third-order valence-electron chi connectivity index (χ3n) is 7.13. The minimum absolute atomic E-state index is 0.0961. The van der Waals surface area contributed by atoms with Gasteiger partial charge in [0.05, 0.1) is 0 Å². The second kappa shape index (κ2) is 11.1. The first kappa shape index (κ1) is 22.9. The summed E-state index contributed by atoms with van der Waals surface area (Å²) in [6.45, 7) is 3.21. The zero-order chi connectivity index (χ0) is 22.3. The van der Waals surface area contributed by atoms with Gasteiger partial charge in [-0.25, -0.2) is 4.39 Å². The molecule has 1 amide bonds. The fourth-order valence-corrected chi connectivity index (χ4v) is 5.53. The zero-order valence-corrected chi connectivity index (χ0v) is 19.1. The molecular formula is C27H35FN2O2. The van der Waals surface area contributed by atoms with E-state index in [2.05, 4.69) is 34.1 Å². The molecule has 172 valence electrons. The fourth-order valence-electron chi connectivity index (χ4n) is 5.53.